The maximum atomic E-state index is 13.6. The molecule has 0 saturated carbocycles. The van der Waals surface area contributed by atoms with Crippen LogP contribution in [0, 0.1) is 17.6 Å². The van der Waals surface area contributed by atoms with Crippen molar-refractivity contribution in [3.8, 4) is 0 Å². The number of nitrogens with zero attached hydrogens (tertiary/aromatic N) is 2. The molecule has 5 rings (SSSR count). The molecule has 2 aromatic carbocycles. The lowest BCUT2D eigenvalue weighted by Gasteiger charge is -2.33. The second-order valence-electron chi connectivity index (χ2n) is 7.78. The lowest BCUT2D eigenvalue weighted by Crippen LogP contribution is -2.48. The van der Waals surface area contributed by atoms with Crippen molar-refractivity contribution in [1.82, 2.24) is 9.80 Å². The fourth-order valence-electron chi connectivity index (χ4n) is 4.55. The van der Waals surface area contributed by atoms with Crippen molar-refractivity contribution < 1.29 is 18.4 Å². The molecule has 1 N–H and O–H groups in total. The molecule has 7 heteroatoms. The monoisotopic (exact) mass is 395 g/mol. The third kappa shape index (κ3) is 3.16. The molecule has 5 nitrogen and oxygen atoms in total. The van der Waals surface area contributed by atoms with Crippen LogP contribution in [0.1, 0.15) is 17.5 Å². The van der Waals surface area contributed by atoms with Gasteiger partial charge in [0.15, 0.2) is 0 Å². The van der Waals surface area contributed by atoms with Crippen molar-refractivity contribution in [2.24, 2.45) is 5.92 Å². The topological polar surface area (TPSA) is 52.7 Å². The Bertz CT molecular complexity index is 1050. The first-order valence-electron chi connectivity index (χ1n) is 9.59. The molecular weight excluding hydrogens is 376 g/mol. The summed E-state index contributed by atoms with van der Waals surface area (Å²) in [4.78, 5) is 28.5. The van der Waals surface area contributed by atoms with E-state index in [0.29, 0.717) is 17.8 Å². The van der Waals surface area contributed by atoms with Crippen LogP contribution in [0.3, 0.4) is 0 Å². The molecule has 2 aliphatic heterocycles. The van der Waals surface area contributed by atoms with E-state index in [1.807, 2.05) is 6.07 Å². The zero-order valence-corrected chi connectivity index (χ0v) is 15.6. The van der Waals surface area contributed by atoms with Gasteiger partial charge in [0.2, 0.25) is 5.91 Å². The molecule has 0 aromatic heterocycles. The molecule has 1 fully saturated rings. The highest BCUT2D eigenvalue weighted by Gasteiger charge is 2.42. The average Bonchev–Trinajstić information content (AvgIpc) is 3.30. The second-order valence-corrected chi connectivity index (χ2v) is 7.78. The maximum absolute atomic E-state index is 13.6. The Kier molecular flexibility index (Phi) is 4.12. The number of hydrogen-bond acceptors (Lipinski definition) is 2. The van der Waals surface area contributed by atoms with Gasteiger partial charge in [-0.3, -0.25) is 4.79 Å². The summed E-state index contributed by atoms with van der Waals surface area (Å²) >= 11 is 0. The molecule has 1 saturated heterocycles. The predicted octanol–water partition coefficient (Wildman–Crippen LogP) is 3.63. The molecule has 29 heavy (non-hydrogen) atoms. The van der Waals surface area contributed by atoms with Gasteiger partial charge in [-0.2, -0.15) is 0 Å². The van der Waals surface area contributed by atoms with Gasteiger partial charge in [-0.1, -0.05) is 18.2 Å². The summed E-state index contributed by atoms with van der Waals surface area (Å²) in [6.07, 6.45) is 2.94. The molecule has 0 radical (unpaired) electrons. The fraction of sp³-hybridized carbons (Fsp3) is 0.273. The Labute approximate surface area is 166 Å². The van der Waals surface area contributed by atoms with Crippen molar-refractivity contribution >= 4 is 23.2 Å². The Balaban J connectivity index is 1.32. The quantitative estimate of drug-likeness (QED) is 0.863. The minimum absolute atomic E-state index is 0.0819. The van der Waals surface area contributed by atoms with Crippen LogP contribution in [0.25, 0.3) is 5.57 Å². The van der Waals surface area contributed by atoms with E-state index in [1.54, 1.807) is 11.0 Å². The molecule has 3 amide bonds. The Morgan fingerprint density at radius 2 is 1.97 bits per heavy atom. The summed E-state index contributed by atoms with van der Waals surface area (Å²) in [7, 11) is 0. The number of urea groups is 1. The molecule has 2 atom stereocenters. The van der Waals surface area contributed by atoms with Gasteiger partial charge in [-0.05, 0) is 59.4 Å². The van der Waals surface area contributed by atoms with E-state index in [1.165, 1.54) is 35.2 Å². The zero-order valence-electron chi connectivity index (χ0n) is 15.6. The molecule has 2 unspecified atom stereocenters. The van der Waals surface area contributed by atoms with Crippen LogP contribution in [0.2, 0.25) is 0 Å². The van der Waals surface area contributed by atoms with Crippen LogP contribution in [0.5, 0.6) is 0 Å². The molecule has 3 aliphatic rings. The summed E-state index contributed by atoms with van der Waals surface area (Å²) in [5.41, 5.74) is 2.96. The highest BCUT2D eigenvalue weighted by molar-refractivity contribution is 5.95. The minimum Gasteiger partial charge on any atom is -0.333 e. The number of hydrogen-bond donors (Lipinski definition) is 1. The molecule has 2 aromatic rings. The normalized spacial score (nSPS) is 22.4. The first-order chi connectivity index (χ1) is 14.0. The van der Waals surface area contributed by atoms with E-state index in [-0.39, 0.29) is 48.6 Å². The first kappa shape index (κ1) is 17.8. The Hall–Kier alpha value is -3.22. The van der Waals surface area contributed by atoms with E-state index < -0.39 is 0 Å². The first-order valence-corrected chi connectivity index (χ1v) is 9.59. The van der Waals surface area contributed by atoms with Crippen LogP contribution < -0.4 is 5.32 Å². The Morgan fingerprint density at radius 3 is 2.76 bits per heavy atom. The van der Waals surface area contributed by atoms with Gasteiger partial charge < -0.3 is 15.1 Å². The summed E-state index contributed by atoms with van der Waals surface area (Å²) in [5, 5.41) is 2.70. The third-order valence-corrected chi connectivity index (χ3v) is 5.87. The van der Waals surface area contributed by atoms with Crippen molar-refractivity contribution in [1.29, 1.82) is 0 Å². The van der Waals surface area contributed by atoms with Gasteiger partial charge in [0.1, 0.15) is 18.2 Å². The van der Waals surface area contributed by atoms with Gasteiger partial charge in [0, 0.05) is 12.2 Å². The molecular formula is C22H19F2N3O2. The van der Waals surface area contributed by atoms with Crippen molar-refractivity contribution in [3.63, 3.8) is 0 Å². The van der Waals surface area contributed by atoms with Crippen LogP contribution >= 0.6 is 0 Å². The average molecular weight is 395 g/mol. The number of benzene rings is 2. The van der Waals surface area contributed by atoms with E-state index in [4.69, 9.17) is 0 Å². The largest absolute Gasteiger partial charge is 0.333 e. The van der Waals surface area contributed by atoms with Gasteiger partial charge in [0.25, 0.3) is 0 Å². The lowest BCUT2D eigenvalue weighted by molar-refractivity contribution is -0.132. The van der Waals surface area contributed by atoms with Crippen molar-refractivity contribution in [2.45, 2.75) is 19.0 Å². The van der Waals surface area contributed by atoms with Gasteiger partial charge >= 0.3 is 6.03 Å². The number of likely N-dealkylation sites (tertiary alicyclic amines) is 1. The minimum atomic E-state index is -0.382. The van der Waals surface area contributed by atoms with Gasteiger partial charge in [0.05, 0.1) is 12.6 Å². The SMILES string of the molecule is O=C1Nc2ccc(F)cc2CN1CC(=O)N1CC2C=C(c3cccc(F)c3)C1C2. The summed E-state index contributed by atoms with van der Waals surface area (Å²) in [6, 6.07) is 10.1. The molecule has 1 aliphatic carbocycles. The van der Waals surface area contributed by atoms with Gasteiger partial charge in [-0.15, -0.1) is 0 Å². The number of fused-ring (bicyclic) bond motifs is 3. The summed E-state index contributed by atoms with van der Waals surface area (Å²) < 4.78 is 27.2. The highest BCUT2D eigenvalue weighted by Crippen LogP contribution is 2.42. The van der Waals surface area contributed by atoms with E-state index in [9.17, 15) is 18.4 Å². The summed E-state index contributed by atoms with van der Waals surface area (Å²) in [5.74, 6) is -0.602. The highest BCUT2D eigenvalue weighted by atomic mass is 19.1. The molecule has 148 valence electrons. The van der Waals surface area contributed by atoms with E-state index >= 15 is 0 Å². The fourth-order valence-corrected chi connectivity index (χ4v) is 4.55. The van der Waals surface area contributed by atoms with Crippen LogP contribution in [-0.4, -0.2) is 40.9 Å². The van der Waals surface area contributed by atoms with E-state index in [2.05, 4.69) is 11.4 Å². The predicted molar refractivity (Wildman–Crippen MR) is 104 cm³/mol. The van der Waals surface area contributed by atoms with E-state index in [0.717, 1.165) is 17.6 Å². The Morgan fingerprint density at radius 1 is 1.14 bits per heavy atom. The standard InChI is InChI=1S/C22H19F2N3O2/c23-16-3-1-2-14(8-16)18-6-13-7-20(18)27(10-13)21(28)12-26-11-15-9-17(24)4-5-19(15)25-22(26)29/h1-6,8-9,13,20H,7,10-12H2,(H,25,29). The third-order valence-electron chi connectivity index (χ3n) is 5.87. The number of amides is 3. The molecule has 2 heterocycles. The number of rotatable bonds is 3. The number of nitrogens with one attached hydrogen (secondary N) is 1. The number of carbonyl (C=O) groups is 2. The zero-order chi connectivity index (χ0) is 20.1. The number of carbonyl (C=O) groups excluding carboxylic acids is 2. The molecule has 2 bridgehead atoms. The van der Waals surface area contributed by atoms with Crippen LogP contribution in [0.15, 0.2) is 48.5 Å². The lowest BCUT2D eigenvalue weighted by atomic mass is 10.00. The van der Waals surface area contributed by atoms with Crippen molar-refractivity contribution in [2.75, 3.05) is 18.4 Å². The van der Waals surface area contributed by atoms with Gasteiger partial charge in [-0.25, -0.2) is 13.6 Å². The number of anilines is 1. The van der Waals surface area contributed by atoms with Crippen molar-refractivity contribution in [3.05, 3.63) is 71.3 Å². The maximum Gasteiger partial charge on any atom is 0.322 e. The van der Waals surface area contributed by atoms with Crippen LogP contribution in [-0.2, 0) is 11.3 Å². The molecule has 0 spiro atoms. The number of halogens is 2. The smallest absolute Gasteiger partial charge is 0.322 e. The second kappa shape index (κ2) is 6.69. The summed E-state index contributed by atoms with van der Waals surface area (Å²) in [6.45, 7) is 0.698. The van der Waals surface area contributed by atoms with Crippen LogP contribution in [0.4, 0.5) is 19.3 Å².